The molecule has 0 spiro atoms. The molecule has 0 aromatic heterocycles. The van der Waals surface area contributed by atoms with Gasteiger partial charge in [-0.05, 0) is 103 Å². The molecule has 3 aliphatic carbocycles. The lowest BCUT2D eigenvalue weighted by Gasteiger charge is -2.60. The number of carbonyl (C=O) groups excluding carboxylic acids is 1. The first kappa shape index (κ1) is 45.8. The fourth-order valence-corrected chi connectivity index (χ4v) is 10.8. The van der Waals surface area contributed by atoms with Gasteiger partial charge in [0.25, 0.3) is 0 Å². The van der Waals surface area contributed by atoms with Crippen molar-refractivity contribution in [1.82, 2.24) is 4.90 Å². The molecular weight excluding hydrogens is 785 g/mol. The summed E-state index contributed by atoms with van der Waals surface area (Å²) in [4.78, 5) is 22.7. The fraction of sp³-hybridized carbons (Fsp3) is 0.569. The molecule has 336 valence electrons. The Balaban J connectivity index is 1.39. The number of carbonyl (C=O) groups is 1. The van der Waals surface area contributed by atoms with Crippen LogP contribution in [0.5, 0.6) is 17.2 Å². The first-order valence-electron chi connectivity index (χ1n) is 23.3. The predicted octanol–water partition coefficient (Wildman–Crippen LogP) is 9.09. The van der Waals surface area contributed by atoms with Gasteiger partial charge in [-0.3, -0.25) is 4.79 Å². The van der Waals surface area contributed by atoms with Crippen LogP contribution in [-0.2, 0) is 19.1 Å². The second-order valence-corrected chi connectivity index (χ2v) is 17.4. The molecule has 0 bridgehead atoms. The highest BCUT2D eigenvalue weighted by atomic mass is 16.7. The van der Waals surface area contributed by atoms with E-state index in [1.165, 1.54) is 12.8 Å². The number of oxime groups is 1. The summed E-state index contributed by atoms with van der Waals surface area (Å²) in [6, 6.07) is 19.8. The fourth-order valence-electron chi connectivity index (χ4n) is 10.8. The van der Waals surface area contributed by atoms with Crippen LogP contribution in [0.25, 0.3) is 10.8 Å². The van der Waals surface area contributed by atoms with Crippen LogP contribution in [0.3, 0.4) is 0 Å². The minimum atomic E-state index is -1.35. The Morgan fingerprint density at radius 1 is 0.919 bits per heavy atom. The number of benzene rings is 3. The van der Waals surface area contributed by atoms with Gasteiger partial charge in [0.05, 0.1) is 38.1 Å². The Kier molecular flexibility index (Phi) is 16.5. The summed E-state index contributed by atoms with van der Waals surface area (Å²) in [6.45, 7) is 7.36. The Bertz CT molecular complexity index is 1990. The van der Waals surface area contributed by atoms with Crippen LogP contribution in [0.4, 0.5) is 0 Å². The van der Waals surface area contributed by atoms with Crippen molar-refractivity contribution >= 4 is 22.4 Å². The van der Waals surface area contributed by atoms with Crippen molar-refractivity contribution in [3.05, 3.63) is 90.5 Å². The summed E-state index contributed by atoms with van der Waals surface area (Å²) < 4.78 is 27.1. The molecule has 1 aliphatic heterocycles. The van der Waals surface area contributed by atoms with E-state index in [1.54, 1.807) is 6.08 Å². The number of hydrogen-bond donors (Lipinski definition) is 3. The number of nitrogens with zero attached hydrogens (tertiary/aromatic N) is 2. The zero-order chi connectivity index (χ0) is 43.3. The van der Waals surface area contributed by atoms with Crippen molar-refractivity contribution in [3.63, 3.8) is 0 Å². The van der Waals surface area contributed by atoms with Gasteiger partial charge in [0.2, 0.25) is 11.7 Å². The van der Waals surface area contributed by atoms with Crippen molar-refractivity contribution in [2.75, 3.05) is 52.8 Å². The van der Waals surface area contributed by atoms with E-state index in [2.05, 4.69) is 43.0 Å². The topological polar surface area (TPSA) is 140 Å². The van der Waals surface area contributed by atoms with Crippen LogP contribution in [0.15, 0.2) is 90.1 Å². The summed E-state index contributed by atoms with van der Waals surface area (Å²) in [5.41, 5.74) is 2.77. The summed E-state index contributed by atoms with van der Waals surface area (Å²) in [5, 5.41) is 36.6. The highest BCUT2D eigenvalue weighted by Crippen LogP contribution is 2.62. The molecule has 7 rings (SSSR count). The van der Waals surface area contributed by atoms with E-state index in [0.717, 1.165) is 78.3 Å². The van der Waals surface area contributed by atoms with Gasteiger partial charge in [-0.2, -0.15) is 0 Å². The third kappa shape index (κ3) is 10.4. The molecule has 2 fully saturated rings. The number of amides is 1. The number of aliphatic hydroxyl groups is 3. The number of ether oxygens (including phenoxy) is 4. The number of aliphatic hydroxyl groups excluding tert-OH is 3. The summed E-state index contributed by atoms with van der Waals surface area (Å²) in [6.07, 6.45) is 15.1. The zero-order valence-corrected chi connectivity index (χ0v) is 36.6. The molecule has 0 unspecified atom stereocenters. The molecule has 0 saturated heterocycles. The lowest BCUT2D eigenvalue weighted by Crippen LogP contribution is -2.70. The Morgan fingerprint density at radius 2 is 1.68 bits per heavy atom. The molecule has 11 heteroatoms. The van der Waals surface area contributed by atoms with Crippen molar-refractivity contribution in [3.8, 4) is 17.2 Å². The predicted molar refractivity (Wildman–Crippen MR) is 241 cm³/mol. The lowest BCUT2D eigenvalue weighted by atomic mass is 9.55. The van der Waals surface area contributed by atoms with E-state index in [0.29, 0.717) is 49.7 Å². The maximum absolute atomic E-state index is 14.8. The highest BCUT2D eigenvalue weighted by Gasteiger charge is 2.65. The van der Waals surface area contributed by atoms with Gasteiger partial charge in [-0.1, -0.05) is 86.2 Å². The Morgan fingerprint density at radius 3 is 2.44 bits per heavy atom. The van der Waals surface area contributed by atoms with E-state index < -0.39 is 17.7 Å². The molecule has 3 N–H and O–H groups in total. The molecule has 11 nitrogen and oxygen atoms in total. The zero-order valence-electron chi connectivity index (χ0n) is 36.6. The molecule has 1 heterocycles. The van der Waals surface area contributed by atoms with Gasteiger partial charge in [-0.15, -0.1) is 6.58 Å². The SMILES string of the molecule is C=CCO[C@@]12Oc3ccc(Oc4ccc5ccccc5c4)cc3[C@H]3[C@H](CCCCO)[C@@H](CCCCO)C=C(C(=NOCC)C[C@@H]1N(CCOCCO)C(=O)CCC1CCCC1)[C@H]32. The normalized spacial score (nSPS) is 24.9. The monoisotopic (exact) mass is 852 g/mol. The van der Waals surface area contributed by atoms with Gasteiger partial charge in [-0.25, -0.2) is 0 Å². The maximum Gasteiger partial charge on any atom is 0.239 e. The molecule has 1 amide bonds. The molecule has 4 aliphatic rings. The van der Waals surface area contributed by atoms with Gasteiger partial charge in [0.15, 0.2) is 0 Å². The average molecular weight is 853 g/mol. The van der Waals surface area contributed by atoms with Crippen molar-refractivity contribution in [2.24, 2.45) is 28.8 Å². The second-order valence-electron chi connectivity index (χ2n) is 17.4. The number of hydrogen-bond acceptors (Lipinski definition) is 10. The second kappa shape index (κ2) is 22.4. The van der Waals surface area contributed by atoms with Crippen LogP contribution in [0.2, 0.25) is 0 Å². The van der Waals surface area contributed by atoms with Gasteiger partial charge in [0.1, 0.15) is 29.9 Å². The smallest absolute Gasteiger partial charge is 0.239 e. The van der Waals surface area contributed by atoms with Crippen molar-refractivity contribution in [2.45, 2.75) is 108 Å². The minimum Gasteiger partial charge on any atom is -0.459 e. The largest absolute Gasteiger partial charge is 0.459 e. The quantitative estimate of drug-likeness (QED) is 0.0458. The summed E-state index contributed by atoms with van der Waals surface area (Å²) in [7, 11) is 0. The third-order valence-corrected chi connectivity index (χ3v) is 13.6. The van der Waals surface area contributed by atoms with E-state index >= 15 is 0 Å². The van der Waals surface area contributed by atoms with E-state index in [1.807, 2.05) is 42.2 Å². The van der Waals surface area contributed by atoms with E-state index in [-0.39, 0.29) is 69.8 Å². The van der Waals surface area contributed by atoms with Crippen molar-refractivity contribution in [1.29, 1.82) is 0 Å². The van der Waals surface area contributed by atoms with Crippen LogP contribution < -0.4 is 9.47 Å². The lowest BCUT2D eigenvalue weighted by molar-refractivity contribution is -0.258. The standard InChI is InChI=1S/C51H68N2O9/c1-3-29-59-51-47(53(25-30-58-31-28-56)48(57)24-19-36-13-5-6-14-36)35-45(52-60-4-2)43-33-39(17-9-11-26-54)42(18-10-12-27-55)49(50(43)51)44-34-41(22-23-46(44)62-51)61-40-21-20-37-15-7-8-16-38(37)32-40/h3,7-8,15-16,20-23,32-34,36,39,42,47,49-50,54-56H,1,4-6,9-14,17-19,24-31,35H2,2H3/t39-,42+,47-,49+,50+,51+/m0/s1. The van der Waals surface area contributed by atoms with Crippen LogP contribution >= 0.6 is 0 Å². The highest BCUT2D eigenvalue weighted by molar-refractivity contribution is 6.03. The molecule has 6 atom stereocenters. The van der Waals surface area contributed by atoms with E-state index in [9.17, 15) is 20.1 Å². The van der Waals surface area contributed by atoms with Gasteiger partial charge >= 0.3 is 0 Å². The minimum absolute atomic E-state index is 0.0153. The van der Waals surface area contributed by atoms with E-state index in [4.69, 9.17) is 28.9 Å². The number of fused-ring (bicyclic) bond motifs is 3. The molecule has 2 saturated carbocycles. The number of rotatable bonds is 24. The molecule has 0 radical (unpaired) electrons. The molecule has 3 aromatic rings. The number of allylic oxidation sites excluding steroid dienone is 1. The van der Waals surface area contributed by atoms with Crippen molar-refractivity contribution < 1.29 is 43.9 Å². The third-order valence-electron chi connectivity index (χ3n) is 13.6. The van der Waals surface area contributed by atoms with Gasteiger partial charge in [0, 0.05) is 44.1 Å². The average Bonchev–Trinajstić information content (AvgIpc) is 3.82. The Hall–Kier alpha value is -4.26. The molecular formula is C51H68N2O9. The van der Waals surface area contributed by atoms with Gasteiger partial charge < -0.3 is 44.0 Å². The first-order chi connectivity index (χ1) is 30.4. The molecule has 3 aromatic carbocycles. The van der Waals surface area contributed by atoms with Crippen LogP contribution in [-0.4, -0.2) is 96.5 Å². The summed E-state index contributed by atoms with van der Waals surface area (Å²) >= 11 is 0. The Labute approximate surface area is 367 Å². The maximum atomic E-state index is 14.8. The summed E-state index contributed by atoms with van der Waals surface area (Å²) in [5.74, 6) is 0.901. The van der Waals surface area contributed by atoms with Crippen LogP contribution in [0.1, 0.15) is 102 Å². The first-order valence-corrected chi connectivity index (χ1v) is 23.3. The molecule has 62 heavy (non-hydrogen) atoms. The van der Waals surface area contributed by atoms with Crippen LogP contribution in [0, 0.1) is 23.7 Å². The number of unbranched alkanes of at least 4 members (excludes halogenated alkanes) is 2.